The third kappa shape index (κ3) is 4.65. The molecule has 2 aromatic carbocycles. The van der Waals surface area contributed by atoms with Gasteiger partial charge in [0.1, 0.15) is 0 Å². The molecule has 1 fully saturated rings. The molecule has 3 rings (SSSR count). The summed E-state index contributed by atoms with van der Waals surface area (Å²) in [6.07, 6.45) is 1.79. The fourth-order valence-corrected chi connectivity index (χ4v) is 9.63. The van der Waals surface area contributed by atoms with Gasteiger partial charge >= 0.3 is 7.60 Å². The van der Waals surface area contributed by atoms with Crippen LogP contribution in [0, 0.1) is 5.41 Å². The largest absolute Gasteiger partial charge is 0.407 e. The summed E-state index contributed by atoms with van der Waals surface area (Å²) in [5.74, 6) is 1.12. The highest BCUT2D eigenvalue weighted by atomic mass is 31.2. The molecule has 1 aliphatic rings. The van der Waals surface area contributed by atoms with Gasteiger partial charge in [-0.2, -0.15) is 0 Å². The van der Waals surface area contributed by atoms with E-state index < -0.39 is 15.9 Å². The van der Waals surface area contributed by atoms with Crippen LogP contribution in [0.5, 0.6) is 0 Å². The van der Waals surface area contributed by atoms with E-state index in [0.717, 1.165) is 24.2 Å². The topological polar surface area (TPSA) is 66.8 Å². The fraction of sp³-hybridized carbons (Fsp3) is 0.391. The first kappa shape index (κ1) is 22.2. The summed E-state index contributed by atoms with van der Waals surface area (Å²) in [5, 5.41) is 2.31. The second kappa shape index (κ2) is 7.97. The second-order valence-corrected chi connectivity index (χ2v) is 14.9. The van der Waals surface area contributed by atoms with Gasteiger partial charge < -0.3 is 14.2 Å². The summed E-state index contributed by atoms with van der Waals surface area (Å²) in [7, 11) is -6.84. The highest BCUT2D eigenvalue weighted by molar-refractivity contribution is 7.55. The molecule has 1 aliphatic carbocycles. The minimum absolute atomic E-state index is 0.118. The van der Waals surface area contributed by atoms with E-state index in [0.29, 0.717) is 6.61 Å². The maximum absolute atomic E-state index is 11.5. The maximum atomic E-state index is 11.5. The third-order valence-electron chi connectivity index (χ3n) is 6.03. The summed E-state index contributed by atoms with van der Waals surface area (Å²) in [6.45, 7) is 8.99. The van der Waals surface area contributed by atoms with Crippen LogP contribution in [0.1, 0.15) is 40.5 Å². The molecule has 2 aromatic rings. The molecule has 0 bridgehead atoms. The Morgan fingerprint density at radius 1 is 1.03 bits per heavy atom. The lowest BCUT2D eigenvalue weighted by Gasteiger charge is -2.44. The zero-order valence-electron chi connectivity index (χ0n) is 17.6. The molecule has 1 saturated carbocycles. The van der Waals surface area contributed by atoms with Gasteiger partial charge in [0.15, 0.2) is 0 Å². The van der Waals surface area contributed by atoms with E-state index in [1.165, 1.54) is 10.4 Å². The van der Waals surface area contributed by atoms with E-state index in [4.69, 9.17) is 4.43 Å². The Bertz CT molecular complexity index is 869. The molecule has 0 amide bonds. The highest BCUT2D eigenvalue weighted by Gasteiger charge is 2.53. The molecule has 0 atom stereocenters. The normalized spacial score (nSPS) is 17.2. The molecule has 156 valence electrons. The standard InChI is InChI=1S/C23H31O4PSi/c1-19(17-28(24,25)26)23(15-16-23)18-27-29(22(2,3)4,20-11-7-5-8-12-20)21-13-9-6-10-14-21/h5-14,17H,15-16,18H2,1-4H3,(H2,24,25,26)/b19-17+. The number of hydrogen-bond acceptors (Lipinski definition) is 2. The van der Waals surface area contributed by atoms with Crippen molar-refractivity contribution in [2.45, 2.75) is 45.6 Å². The molecule has 2 N–H and O–H groups in total. The third-order valence-corrected chi connectivity index (χ3v) is 11.7. The van der Waals surface area contributed by atoms with Crippen LogP contribution < -0.4 is 10.4 Å². The van der Waals surface area contributed by atoms with Gasteiger partial charge in [0.05, 0.1) is 0 Å². The molecular formula is C23H31O4PSi. The van der Waals surface area contributed by atoms with Crippen molar-refractivity contribution in [2.24, 2.45) is 5.41 Å². The molecule has 0 saturated heterocycles. The van der Waals surface area contributed by atoms with Crippen LogP contribution >= 0.6 is 7.60 Å². The molecule has 29 heavy (non-hydrogen) atoms. The van der Waals surface area contributed by atoms with Gasteiger partial charge in [-0.05, 0) is 35.2 Å². The lowest BCUT2D eigenvalue weighted by Crippen LogP contribution is -2.67. The first-order valence-corrected chi connectivity index (χ1v) is 13.6. The summed E-state index contributed by atoms with van der Waals surface area (Å²) in [5.41, 5.74) is 0.470. The fourth-order valence-electron chi connectivity index (χ4n) is 4.20. The first-order chi connectivity index (χ1) is 13.5. The zero-order valence-corrected chi connectivity index (χ0v) is 19.5. The van der Waals surface area contributed by atoms with E-state index >= 15 is 0 Å². The Morgan fingerprint density at radius 2 is 1.48 bits per heavy atom. The summed E-state index contributed by atoms with van der Waals surface area (Å²) in [6, 6.07) is 20.9. The smallest absolute Gasteiger partial charge is 0.349 e. The van der Waals surface area contributed by atoms with Crippen LogP contribution in [-0.4, -0.2) is 24.7 Å². The first-order valence-electron chi connectivity index (χ1n) is 10.0. The average Bonchev–Trinajstić information content (AvgIpc) is 3.43. The van der Waals surface area contributed by atoms with Gasteiger partial charge in [0.25, 0.3) is 8.32 Å². The molecule has 0 aliphatic heterocycles. The Hall–Kier alpha value is -1.49. The lowest BCUT2D eigenvalue weighted by molar-refractivity contribution is 0.242. The van der Waals surface area contributed by atoms with Crippen molar-refractivity contribution in [3.05, 3.63) is 72.1 Å². The highest BCUT2D eigenvalue weighted by Crippen LogP contribution is 2.55. The summed E-state index contributed by atoms with van der Waals surface area (Å²) < 4.78 is 18.5. The van der Waals surface area contributed by atoms with E-state index in [9.17, 15) is 14.4 Å². The van der Waals surface area contributed by atoms with E-state index in [-0.39, 0.29) is 10.5 Å². The minimum Gasteiger partial charge on any atom is -0.407 e. The maximum Gasteiger partial charge on any atom is 0.349 e. The van der Waals surface area contributed by atoms with Gasteiger partial charge in [-0.25, -0.2) is 0 Å². The van der Waals surface area contributed by atoms with Crippen molar-refractivity contribution >= 4 is 26.3 Å². The Morgan fingerprint density at radius 3 is 1.83 bits per heavy atom. The van der Waals surface area contributed by atoms with Crippen molar-refractivity contribution in [2.75, 3.05) is 6.61 Å². The van der Waals surface area contributed by atoms with Gasteiger partial charge in [-0.1, -0.05) is 87.0 Å². The zero-order chi connectivity index (χ0) is 21.3. The molecule has 6 heteroatoms. The lowest BCUT2D eigenvalue weighted by atomic mass is 10.0. The van der Waals surface area contributed by atoms with E-state index in [2.05, 4.69) is 69.3 Å². The van der Waals surface area contributed by atoms with Crippen molar-refractivity contribution in [3.63, 3.8) is 0 Å². The molecule has 4 nitrogen and oxygen atoms in total. The van der Waals surface area contributed by atoms with E-state index in [1.54, 1.807) is 0 Å². The molecule has 0 heterocycles. The molecule has 0 spiro atoms. The second-order valence-electron chi connectivity index (χ2n) is 9.13. The van der Waals surface area contributed by atoms with Crippen molar-refractivity contribution < 1.29 is 18.8 Å². The Balaban J connectivity index is 2.06. The van der Waals surface area contributed by atoms with Gasteiger partial charge in [-0.3, -0.25) is 4.57 Å². The number of rotatable bonds is 7. The molecular weight excluding hydrogens is 399 g/mol. The Kier molecular flexibility index (Phi) is 6.10. The van der Waals surface area contributed by atoms with Crippen LogP contribution in [0.4, 0.5) is 0 Å². The Labute approximate surface area is 174 Å². The van der Waals surface area contributed by atoms with Gasteiger partial charge in [-0.15, -0.1) is 0 Å². The predicted molar refractivity (Wildman–Crippen MR) is 121 cm³/mol. The van der Waals surface area contributed by atoms with Crippen LogP contribution in [0.2, 0.25) is 5.04 Å². The quantitative estimate of drug-likeness (QED) is 0.504. The average molecular weight is 431 g/mol. The summed E-state index contributed by atoms with van der Waals surface area (Å²) in [4.78, 5) is 18.8. The monoisotopic (exact) mass is 430 g/mol. The van der Waals surface area contributed by atoms with Crippen molar-refractivity contribution in [1.82, 2.24) is 0 Å². The molecule has 0 unspecified atom stereocenters. The van der Waals surface area contributed by atoms with Crippen molar-refractivity contribution in [3.8, 4) is 0 Å². The summed E-state index contributed by atoms with van der Waals surface area (Å²) >= 11 is 0. The van der Waals surface area contributed by atoms with Crippen LogP contribution in [0.15, 0.2) is 72.1 Å². The SMILES string of the molecule is C/C(=C\P(=O)(O)O)C1(CO[Si](c2ccccc2)(c2ccccc2)C(C)(C)C)CC1. The number of benzene rings is 2. The van der Waals surface area contributed by atoms with Crippen LogP contribution in [0.25, 0.3) is 0 Å². The van der Waals surface area contributed by atoms with Crippen molar-refractivity contribution in [1.29, 1.82) is 0 Å². The minimum atomic E-state index is -4.20. The van der Waals surface area contributed by atoms with Gasteiger partial charge in [0, 0.05) is 17.8 Å². The molecule has 0 aromatic heterocycles. The van der Waals surface area contributed by atoms with E-state index in [1.807, 2.05) is 19.1 Å². The molecule has 0 radical (unpaired) electrons. The number of hydrogen-bond donors (Lipinski definition) is 2. The predicted octanol–water partition coefficient (Wildman–Crippen LogP) is 4.42. The van der Waals surface area contributed by atoms with Crippen LogP contribution in [-0.2, 0) is 8.99 Å². The van der Waals surface area contributed by atoms with Crippen LogP contribution in [0.3, 0.4) is 0 Å². The van der Waals surface area contributed by atoms with Gasteiger partial charge in [0.2, 0.25) is 0 Å².